The Kier molecular flexibility index (Phi) is 5.63. The second-order valence-electron chi connectivity index (χ2n) is 5.38. The number of guanidine groups is 1. The van der Waals surface area contributed by atoms with Gasteiger partial charge in [0.15, 0.2) is 12.6 Å². The van der Waals surface area contributed by atoms with E-state index in [0.717, 1.165) is 24.3 Å². The second kappa shape index (κ2) is 7.68. The van der Waals surface area contributed by atoms with Gasteiger partial charge in [0.1, 0.15) is 5.75 Å². The summed E-state index contributed by atoms with van der Waals surface area (Å²) in [6.07, 6.45) is 1.75. The Morgan fingerprint density at radius 2 is 2.27 bits per heavy atom. The molecule has 0 aromatic heterocycles. The van der Waals surface area contributed by atoms with E-state index >= 15 is 0 Å². The molecule has 1 unspecified atom stereocenters. The zero-order chi connectivity index (χ0) is 15.9. The number of benzene rings is 1. The van der Waals surface area contributed by atoms with Crippen LogP contribution in [0.3, 0.4) is 0 Å². The van der Waals surface area contributed by atoms with Crippen LogP contribution in [0.4, 0.5) is 5.69 Å². The van der Waals surface area contributed by atoms with E-state index in [-0.39, 0.29) is 12.5 Å². The van der Waals surface area contributed by atoms with Gasteiger partial charge in [-0.05, 0) is 31.9 Å². The molecule has 3 N–H and O–H groups in total. The molecule has 1 aliphatic rings. The highest BCUT2D eigenvalue weighted by atomic mass is 16.5. The smallest absolute Gasteiger partial charge is 0.265 e. The maximum absolute atomic E-state index is 12.0. The molecule has 0 fully saturated rings. The van der Waals surface area contributed by atoms with Gasteiger partial charge in [-0.25, -0.2) is 0 Å². The number of nitrogens with two attached hydrogens (primary N) is 1. The molecule has 22 heavy (non-hydrogen) atoms. The molecule has 120 valence electrons. The Labute approximate surface area is 131 Å². The van der Waals surface area contributed by atoms with Crippen LogP contribution in [-0.4, -0.2) is 37.6 Å². The molecule has 0 saturated heterocycles. The van der Waals surface area contributed by atoms with Gasteiger partial charge < -0.3 is 20.7 Å². The quantitative estimate of drug-likeness (QED) is 0.474. The number of nitrogens with zero attached hydrogens (tertiary/aromatic N) is 2. The van der Waals surface area contributed by atoms with Crippen LogP contribution < -0.4 is 20.7 Å². The summed E-state index contributed by atoms with van der Waals surface area (Å²) in [5.41, 5.74) is 6.64. The van der Waals surface area contributed by atoms with Crippen LogP contribution >= 0.6 is 0 Å². The number of fused-ring (bicyclic) bond motifs is 1. The second-order valence-corrected chi connectivity index (χ2v) is 5.38. The summed E-state index contributed by atoms with van der Waals surface area (Å²) in [7, 11) is 0. The monoisotopic (exact) mass is 304 g/mol. The Hall–Kier alpha value is -2.24. The van der Waals surface area contributed by atoms with Gasteiger partial charge in [0.25, 0.3) is 5.91 Å². The largest absolute Gasteiger partial charge is 0.482 e. The molecule has 0 radical (unpaired) electrons. The highest BCUT2D eigenvalue weighted by molar-refractivity contribution is 5.97. The first-order valence-corrected chi connectivity index (χ1v) is 7.70. The Morgan fingerprint density at radius 3 is 3.05 bits per heavy atom. The van der Waals surface area contributed by atoms with Gasteiger partial charge in [-0.3, -0.25) is 9.79 Å². The van der Waals surface area contributed by atoms with E-state index in [1.54, 1.807) is 4.90 Å². The summed E-state index contributed by atoms with van der Waals surface area (Å²) in [5.74, 6) is 1.19. The van der Waals surface area contributed by atoms with Crippen LogP contribution in [-0.2, 0) is 4.79 Å². The topological polar surface area (TPSA) is 80.0 Å². The molecule has 1 aliphatic heterocycles. The molecule has 6 nitrogen and oxygen atoms in total. The van der Waals surface area contributed by atoms with E-state index in [4.69, 9.17) is 10.5 Å². The molecular formula is C16H24N4O2. The number of rotatable bonds is 6. The van der Waals surface area contributed by atoms with Crippen LogP contribution in [0.5, 0.6) is 5.75 Å². The van der Waals surface area contributed by atoms with Crippen molar-refractivity contribution in [3.05, 3.63) is 24.3 Å². The predicted octanol–water partition coefficient (Wildman–Crippen LogP) is 1.50. The van der Waals surface area contributed by atoms with Gasteiger partial charge in [-0.2, -0.15) is 0 Å². The maximum Gasteiger partial charge on any atom is 0.265 e. The van der Waals surface area contributed by atoms with Crippen molar-refractivity contribution in [3.63, 3.8) is 0 Å². The van der Waals surface area contributed by atoms with Crippen molar-refractivity contribution in [2.24, 2.45) is 10.7 Å². The summed E-state index contributed by atoms with van der Waals surface area (Å²) >= 11 is 0. The minimum atomic E-state index is -0.0200. The zero-order valence-corrected chi connectivity index (χ0v) is 13.2. The Balaban J connectivity index is 1.87. The van der Waals surface area contributed by atoms with Crippen LogP contribution in [0.1, 0.15) is 26.7 Å². The average Bonchev–Trinajstić information content (AvgIpc) is 2.53. The number of amides is 1. The van der Waals surface area contributed by atoms with E-state index in [0.29, 0.717) is 25.1 Å². The van der Waals surface area contributed by atoms with Crippen molar-refractivity contribution in [3.8, 4) is 5.75 Å². The zero-order valence-electron chi connectivity index (χ0n) is 13.2. The fraction of sp³-hybridized carbons (Fsp3) is 0.500. The van der Waals surface area contributed by atoms with Crippen LogP contribution in [0.15, 0.2) is 29.3 Å². The number of hydrogen-bond donors (Lipinski definition) is 2. The standard InChI is InChI=1S/C16H24N4O2/c1-3-12(2)19-16(17)18-9-6-10-20-13-7-4-5-8-14(13)22-11-15(20)21/h4-5,7-8,12H,3,6,9-11H2,1-2H3,(H3,17,18,19). The summed E-state index contributed by atoms with van der Waals surface area (Å²) in [4.78, 5) is 18.0. The fourth-order valence-corrected chi connectivity index (χ4v) is 2.23. The first kappa shape index (κ1) is 16.1. The minimum absolute atomic E-state index is 0.0200. The fourth-order valence-electron chi connectivity index (χ4n) is 2.23. The number of aliphatic imine (C=N–C) groups is 1. The van der Waals surface area contributed by atoms with Gasteiger partial charge in [-0.15, -0.1) is 0 Å². The van der Waals surface area contributed by atoms with E-state index in [9.17, 15) is 4.79 Å². The molecular weight excluding hydrogens is 280 g/mol. The lowest BCUT2D eigenvalue weighted by molar-refractivity contribution is -0.121. The number of ether oxygens (including phenoxy) is 1. The molecule has 1 aromatic rings. The maximum atomic E-state index is 12.0. The van der Waals surface area contributed by atoms with Crippen LogP contribution in [0.25, 0.3) is 0 Å². The molecule has 0 aliphatic carbocycles. The van der Waals surface area contributed by atoms with E-state index in [1.165, 1.54) is 0 Å². The molecule has 0 saturated carbocycles. The number of anilines is 1. The van der Waals surface area contributed by atoms with Crippen molar-refractivity contribution in [2.75, 3.05) is 24.6 Å². The summed E-state index contributed by atoms with van der Waals surface area (Å²) in [6.45, 7) is 5.44. The summed E-state index contributed by atoms with van der Waals surface area (Å²) in [6, 6.07) is 7.89. The first-order valence-electron chi connectivity index (χ1n) is 7.70. The van der Waals surface area contributed by atoms with Crippen LogP contribution in [0, 0.1) is 0 Å². The van der Waals surface area contributed by atoms with E-state index in [2.05, 4.69) is 24.2 Å². The number of carbonyl (C=O) groups is 1. The van der Waals surface area contributed by atoms with Crippen molar-refractivity contribution in [2.45, 2.75) is 32.7 Å². The first-order chi connectivity index (χ1) is 10.6. The van der Waals surface area contributed by atoms with Crippen molar-refractivity contribution < 1.29 is 9.53 Å². The van der Waals surface area contributed by atoms with Gasteiger partial charge in [-0.1, -0.05) is 19.1 Å². The molecule has 1 heterocycles. The Bertz CT molecular complexity index is 545. The minimum Gasteiger partial charge on any atom is -0.482 e. The van der Waals surface area contributed by atoms with Gasteiger partial charge in [0, 0.05) is 19.1 Å². The number of para-hydroxylation sites is 2. The lowest BCUT2D eigenvalue weighted by Crippen LogP contribution is -2.40. The van der Waals surface area contributed by atoms with Gasteiger partial charge in [0.2, 0.25) is 0 Å². The van der Waals surface area contributed by atoms with Gasteiger partial charge in [0.05, 0.1) is 5.69 Å². The number of carbonyl (C=O) groups excluding carboxylic acids is 1. The highest BCUT2D eigenvalue weighted by Gasteiger charge is 2.24. The molecule has 1 atom stereocenters. The third-order valence-corrected chi connectivity index (χ3v) is 3.64. The van der Waals surface area contributed by atoms with Crippen molar-refractivity contribution in [1.29, 1.82) is 0 Å². The lowest BCUT2D eigenvalue weighted by atomic mass is 10.2. The number of hydrogen-bond acceptors (Lipinski definition) is 3. The lowest BCUT2D eigenvalue weighted by Gasteiger charge is -2.29. The van der Waals surface area contributed by atoms with E-state index < -0.39 is 0 Å². The summed E-state index contributed by atoms with van der Waals surface area (Å²) < 4.78 is 5.42. The van der Waals surface area contributed by atoms with E-state index in [1.807, 2.05) is 24.3 Å². The van der Waals surface area contributed by atoms with Crippen molar-refractivity contribution >= 4 is 17.6 Å². The molecule has 1 amide bonds. The molecule has 2 rings (SSSR count). The third-order valence-electron chi connectivity index (χ3n) is 3.64. The SMILES string of the molecule is CCC(C)NC(N)=NCCCN1C(=O)COc2ccccc21. The summed E-state index contributed by atoms with van der Waals surface area (Å²) in [5, 5.41) is 3.12. The number of nitrogens with one attached hydrogen (secondary N) is 1. The third kappa shape index (κ3) is 4.13. The highest BCUT2D eigenvalue weighted by Crippen LogP contribution is 2.31. The molecule has 6 heteroatoms. The van der Waals surface area contributed by atoms with Crippen molar-refractivity contribution in [1.82, 2.24) is 5.32 Å². The van der Waals surface area contributed by atoms with Gasteiger partial charge >= 0.3 is 0 Å². The average molecular weight is 304 g/mol. The Morgan fingerprint density at radius 1 is 1.50 bits per heavy atom. The predicted molar refractivity (Wildman–Crippen MR) is 88.3 cm³/mol. The molecule has 1 aromatic carbocycles. The molecule has 0 bridgehead atoms. The van der Waals surface area contributed by atoms with Crippen LogP contribution in [0.2, 0.25) is 0 Å². The normalized spacial score (nSPS) is 16.0. The molecule has 0 spiro atoms.